The van der Waals surface area contributed by atoms with Crippen molar-refractivity contribution < 1.29 is 4.74 Å². The highest BCUT2D eigenvalue weighted by Gasteiger charge is 2.10. The van der Waals surface area contributed by atoms with Crippen LogP contribution in [0.15, 0.2) is 42.5 Å². The lowest BCUT2D eigenvalue weighted by atomic mass is 10.0. The van der Waals surface area contributed by atoms with E-state index in [1.165, 1.54) is 16.7 Å². The predicted molar refractivity (Wildman–Crippen MR) is 101 cm³/mol. The summed E-state index contributed by atoms with van der Waals surface area (Å²) in [5.74, 6) is 0.836. The number of benzene rings is 2. The molecule has 0 fully saturated rings. The van der Waals surface area contributed by atoms with Gasteiger partial charge >= 0.3 is 0 Å². The summed E-state index contributed by atoms with van der Waals surface area (Å²) in [5, 5.41) is 7.15. The smallest absolute Gasteiger partial charge is 0.171 e. The number of hydrogen-bond acceptors (Lipinski definition) is 2. The Hall–Kier alpha value is -2.07. The Morgan fingerprint density at radius 3 is 2.65 bits per heavy atom. The molecule has 0 spiro atoms. The van der Waals surface area contributed by atoms with E-state index in [4.69, 9.17) is 17.0 Å². The molecule has 2 N–H and O–H groups in total. The highest BCUT2D eigenvalue weighted by atomic mass is 32.1. The van der Waals surface area contributed by atoms with Gasteiger partial charge in [0, 0.05) is 11.8 Å². The van der Waals surface area contributed by atoms with Crippen LogP contribution >= 0.6 is 12.2 Å². The monoisotopic (exact) mass is 328 g/mol. The Kier molecular flexibility index (Phi) is 5.99. The first-order chi connectivity index (χ1) is 11.0. The highest BCUT2D eigenvalue weighted by molar-refractivity contribution is 7.80. The maximum absolute atomic E-state index is 5.50. The van der Waals surface area contributed by atoms with E-state index in [-0.39, 0.29) is 6.04 Å². The molecule has 0 radical (unpaired) electrons. The average Bonchev–Trinajstić information content (AvgIpc) is 2.47. The summed E-state index contributed by atoms with van der Waals surface area (Å²) in [6.45, 7) is 8.96. The highest BCUT2D eigenvalue weighted by Crippen LogP contribution is 2.20. The molecule has 23 heavy (non-hydrogen) atoms. The Morgan fingerprint density at radius 1 is 1.17 bits per heavy atom. The van der Waals surface area contributed by atoms with Crippen molar-refractivity contribution in [2.75, 3.05) is 11.9 Å². The molecular formula is C19H24N2OS. The number of rotatable bonds is 5. The topological polar surface area (TPSA) is 33.3 Å². The summed E-state index contributed by atoms with van der Waals surface area (Å²) in [6.07, 6.45) is 0. The van der Waals surface area contributed by atoms with Gasteiger partial charge in [0.1, 0.15) is 5.75 Å². The SMILES string of the molecule is CCOc1cccc(NC(=S)NC(C)c2ccc(C)cc2C)c1. The van der Waals surface area contributed by atoms with Crippen LogP contribution in [-0.4, -0.2) is 11.7 Å². The molecule has 0 aromatic heterocycles. The molecule has 0 heterocycles. The minimum atomic E-state index is 0.144. The first kappa shape index (κ1) is 17.3. The van der Waals surface area contributed by atoms with Crippen molar-refractivity contribution in [1.29, 1.82) is 0 Å². The van der Waals surface area contributed by atoms with Crippen LogP contribution in [0.3, 0.4) is 0 Å². The molecular weight excluding hydrogens is 304 g/mol. The first-order valence-corrected chi connectivity index (χ1v) is 8.28. The lowest BCUT2D eigenvalue weighted by molar-refractivity contribution is 0.340. The van der Waals surface area contributed by atoms with Crippen LogP contribution in [0, 0.1) is 13.8 Å². The summed E-state index contributed by atoms with van der Waals surface area (Å²) >= 11 is 5.43. The third-order valence-electron chi connectivity index (χ3n) is 3.64. The number of nitrogens with one attached hydrogen (secondary N) is 2. The predicted octanol–water partition coefficient (Wildman–Crippen LogP) is 4.75. The molecule has 1 unspecified atom stereocenters. The Labute approximate surface area is 144 Å². The van der Waals surface area contributed by atoms with Gasteiger partial charge in [0.2, 0.25) is 0 Å². The molecule has 0 aliphatic carbocycles. The Morgan fingerprint density at radius 2 is 1.96 bits per heavy atom. The summed E-state index contributed by atoms with van der Waals surface area (Å²) in [7, 11) is 0. The minimum Gasteiger partial charge on any atom is -0.494 e. The van der Waals surface area contributed by atoms with Gasteiger partial charge in [-0.1, -0.05) is 29.8 Å². The largest absolute Gasteiger partial charge is 0.494 e. The summed E-state index contributed by atoms with van der Waals surface area (Å²) in [4.78, 5) is 0. The van der Waals surface area contributed by atoms with Crippen LogP contribution in [0.25, 0.3) is 0 Å². The van der Waals surface area contributed by atoms with Gasteiger partial charge in [-0.25, -0.2) is 0 Å². The van der Waals surface area contributed by atoms with Gasteiger partial charge in [0.15, 0.2) is 5.11 Å². The third kappa shape index (κ3) is 4.96. The molecule has 2 aromatic rings. The molecule has 1 atom stereocenters. The molecule has 0 aliphatic heterocycles. The fraction of sp³-hybridized carbons (Fsp3) is 0.316. The van der Waals surface area contributed by atoms with Gasteiger partial charge in [0.05, 0.1) is 12.6 Å². The van der Waals surface area contributed by atoms with Crippen molar-refractivity contribution in [3.05, 3.63) is 59.2 Å². The van der Waals surface area contributed by atoms with E-state index in [1.54, 1.807) is 0 Å². The molecule has 0 aliphatic rings. The lowest BCUT2D eigenvalue weighted by Crippen LogP contribution is -2.31. The van der Waals surface area contributed by atoms with Gasteiger partial charge in [-0.2, -0.15) is 0 Å². The first-order valence-electron chi connectivity index (χ1n) is 7.87. The van der Waals surface area contributed by atoms with Crippen molar-refractivity contribution in [3.8, 4) is 5.75 Å². The van der Waals surface area contributed by atoms with E-state index < -0.39 is 0 Å². The zero-order valence-corrected chi connectivity index (χ0v) is 15.0. The van der Waals surface area contributed by atoms with E-state index >= 15 is 0 Å². The van der Waals surface area contributed by atoms with Crippen LogP contribution in [0.5, 0.6) is 5.75 Å². The van der Waals surface area contributed by atoms with Crippen LogP contribution < -0.4 is 15.4 Å². The van der Waals surface area contributed by atoms with Crippen LogP contribution in [-0.2, 0) is 0 Å². The zero-order valence-electron chi connectivity index (χ0n) is 14.1. The fourth-order valence-electron chi connectivity index (χ4n) is 2.58. The van der Waals surface area contributed by atoms with Crippen molar-refractivity contribution in [2.45, 2.75) is 33.7 Å². The Balaban J connectivity index is 2.00. The van der Waals surface area contributed by atoms with Gasteiger partial charge in [-0.3, -0.25) is 0 Å². The van der Waals surface area contributed by atoms with Crippen molar-refractivity contribution >= 4 is 23.0 Å². The van der Waals surface area contributed by atoms with E-state index in [1.807, 2.05) is 31.2 Å². The Bertz CT molecular complexity index is 685. The molecule has 2 aromatic carbocycles. The normalized spacial score (nSPS) is 11.7. The van der Waals surface area contributed by atoms with E-state index in [0.717, 1.165) is 11.4 Å². The van der Waals surface area contributed by atoms with Crippen molar-refractivity contribution in [2.24, 2.45) is 0 Å². The molecule has 0 saturated carbocycles. The maximum Gasteiger partial charge on any atom is 0.171 e. The molecule has 0 bridgehead atoms. The van der Waals surface area contributed by atoms with Gasteiger partial charge < -0.3 is 15.4 Å². The molecule has 0 saturated heterocycles. The number of thiocarbonyl (C=S) groups is 1. The molecule has 122 valence electrons. The second-order valence-corrected chi connectivity index (χ2v) is 6.05. The van der Waals surface area contributed by atoms with Gasteiger partial charge in [-0.05, 0) is 63.2 Å². The second-order valence-electron chi connectivity index (χ2n) is 5.64. The van der Waals surface area contributed by atoms with Crippen LogP contribution in [0.1, 0.15) is 36.6 Å². The molecule has 2 rings (SSSR count). The number of hydrogen-bond donors (Lipinski definition) is 2. The molecule has 4 heteroatoms. The van der Waals surface area contributed by atoms with Crippen LogP contribution in [0.4, 0.5) is 5.69 Å². The maximum atomic E-state index is 5.50. The third-order valence-corrected chi connectivity index (χ3v) is 3.86. The average molecular weight is 328 g/mol. The van der Waals surface area contributed by atoms with Crippen LogP contribution in [0.2, 0.25) is 0 Å². The molecule has 3 nitrogen and oxygen atoms in total. The second kappa shape index (κ2) is 7.97. The van der Waals surface area contributed by atoms with E-state index in [2.05, 4.69) is 49.6 Å². The standard InChI is InChI=1S/C19H24N2OS/c1-5-22-17-8-6-7-16(12-17)21-19(23)20-15(4)18-10-9-13(2)11-14(18)3/h6-12,15H,5H2,1-4H3,(H2,20,21,23). The summed E-state index contributed by atoms with van der Waals surface area (Å²) < 4.78 is 5.50. The summed E-state index contributed by atoms with van der Waals surface area (Å²) in [6, 6.07) is 14.4. The zero-order chi connectivity index (χ0) is 16.8. The number of aryl methyl sites for hydroxylation is 2. The van der Waals surface area contributed by atoms with Gasteiger partial charge in [-0.15, -0.1) is 0 Å². The number of anilines is 1. The minimum absolute atomic E-state index is 0.144. The number of ether oxygens (including phenoxy) is 1. The fourth-order valence-corrected chi connectivity index (χ4v) is 2.88. The van der Waals surface area contributed by atoms with E-state index in [9.17, 15) is 0 Å². The van der Waals surface area contributed by atoms with Crippen molar-refractivity contribution in [1.82, 2.24) is 5.32 Å². The quantitative estimate of drug-likeness (QED) is 0.776. The van der Waals surface area contributed by atoms with Crippen molar-refractivity contribution in [3.63, 3.8) is 0 Å². The molecule has 0 amide bonds. The van der Waals surface area contributed by atoms with Gasteiger partial charge in [0.25, 0.3) is 0 Å². The summed E-state index contributed by atoms with van der Waals surface area (Å²) in [5.41, 5.74) is 4.71. The lowest BCUT2D eigenvalue weighted by Gasteiger charge is -2.19. The van der Waals surface area contributed by atoms with E-state index in [0.29, 0.717) is 11.7 Å².